The summed E-state index contributed by atoms with van der Waals surface area (Å²) in [5.74, 6) is 0.826. The van der Waals surface area contributed by atoms with E-state index in [1.54, 1.807) is 12.1 Å². The first-order chi connectivity index (χ1) is 8.55. The standard InChI is InChI=1S/C16H25NO2/c1-11(2)19-13-9-7-12(8-10-13)14(18)15(3,4)16(5,6)17/h7-11H,17H2,1-6H3. The van der Waals surface area contributed by atoms with Gasteiger partial charge in [0.2, 0.25) is 0 Å². The highest BCUT2D eigenvalue weighted by Gasteiger charge is 2.40. The highest BCUT2D eigenvalue weighted by Crippen LogP contribution is 2.32. The van der Waals surface area contributed by atoms with Crippen LogP contribution in [0, 0.1) is 5.41 Å². The summed E-state index contributed by atoms with van der Waals surface area (Å²) in [5.41, 5.74) is 5.58. The zero-order valence-corrected chi connectivity index (χ0v) is 12.8. The van der Waals surface area contributed by atoms with Gasteiger partial charge in [0, 0.05) is 16.5 Å². The van der Waals surface area contributed by atoms with E-state index in [9.17, 15) is 4.79 Å². The number of hydrogen-bond acceptors (Lipinski definition) is 3. The van der Waals surface area contributed by atoms with Crippen molar-refractivity contribution in [3.63, 3.8) is 0 Å². The van der Waals surface area contributed by atoms with Gasteiger partial charge >= 0.3 is 0 Å². The van der Waals surface area contributed by atoms with Crippen LogP contribution in [-0.4, -0.2) is 17.4 Å². The highest BCUT2D eigenvalue weighted by atomic mass is 16.5. The van der Waals surface area contributed by atoms with Gasteiger partial charge in [-0.15, -0.1) is 0 Å². The first-order valence-corrected chi connectivity index (χ1v) is 6.66. The zero-order valence-electron chi connectivity index (χ0n) is 12.8. The van der Waals surface area contributed by atoms with E-state index in [2.05, 4.69) is 0 Å². The van der Waals surface area contributed by atoms with Crippen molar-refractivity contribution in [2.75, 3.05) is 0 Å². The van der Waals surface area contributed by atoms with Crippen LogP contribution in [0.4, 0.5) is 0 Å². The lowest BCUT2D eigenvalue weighted by Gasteiger charge is -2.37. The molecule has 3 heteroatoms. The molecule has 0 saturated heterocycles. The maximum absolute atomic E-state index is 12.5. The second-order valence-corrected chi connectivity index (χ2v) is 6.37. The Morgan fingerprint density at radius 2 is 1.58 bits per heavy atom. The summed E-state index contributed by atoms with van der Waals surface area (Å²) in [4.78, 5) is 12.5. The second-order valence-electron chi connectivity index (χ2n) is 6.37. The van der Waals surface area contributed by atoms with Gasteiger partial charge in [-0.05, 0) is 52.0 Å². The molecule has 0 aliphatic rings. The Bertz CT molecular complexity index is 439. The van der Waals surface area contributed by atoms with Crippen molar-refractivity contribution in [1.82, 2.24) is 0 Å². The van der Waals surface area contributed by atoms with Crippen molar-refractivity contribution in [2.24, 2.45) is 11.1 Å². The van der Waals surface area contributed by atoms with E-state index in [1.165, 1.54) is 0 Å². The maximum atomic E-state index is 12.5. The molecule has 1 aromatic carbocycles. The van der Waals surface area contributed by atoms with Gasteiger partial charge in [0.05, 0.1) is 6.10 Å². The predicted molar refractivity (Wildman–Crippen MR) is 78.6 cm³/mol. The van der Waals surface area contributed by atoms with E-state index in [1.807, 2.05) is 53.7 Å². The number of hydrogen-bond donors (Lipinski definition) is 1. The van der Waals surface area contributed by atoms with Gasteiger partial charge in [-0.2, -0.15) is 0 Å². The van der Waals surface area contributed by atoms with Crippen LogP contribution >= 0.6 is 0 Å². The molecule has 0 unspecified atom stereocenters. The molecule has 0 aromatic heterocycles. The third-order valence-electron chi connectivity index (χ3n) is 3.67. The van der Waals surface area contributed by atoms with Gasteiger partial charge in [-0.25, -0.2) is 0 Å². The van der Waals surface area contributed by atoms with Crippen LogP contribution < -0.4 is 10.5 Å². The summed E-state index contributed by atoms with van der Waals surface area (Å²) in [5, 5.41) is 0. The molecule has 0 radical (unpaired) electrons. The van der Waals surface area contributed by atoms with Crippen LogP contribution in [0.1, 0.15) is 51.9 Å². The summed E-state index contributed by atoms with van der Waals surface area (Å²) < 4.78 is 5.57. The third-order valence-corrected chi connectivity index (χ3v) is 3.67. The third kappa shape index (κ3) is 3.57. The number of benzene rings is 1. The Kier molecular flexibility index (Phi) is 4.41. The van der Waals surface area contributed by atoms with Crippen LogP contribution in [0.3, 0.4) is 0 Å². The SMILES string of the molecule is CC(C)Oc1ccc(C(=O)C(C)(C)C(C)(C)N)cc1. The molecule has 106 valence electrons. The Labute approximate surface area is 116 Å². The van der Waals surface area contributed by atoms with Crippen molar-refractivity contribution in [1.29, 1.82) is 0 Å². The van der Waals surface area contributed by atoms with Crippen molar-refractivity contribution < 1.29 is 9.53 Å². The van der Waals surface area contributed by atoms with E-state index >= 15 is 0 Å². The van der Waals surface area contributed by atoms with Gasteiger partial charge in [-0.3, -0.25) is 4.79 Å². The second kappa shape index (κ2) is 5.33. The van der Waals surface area contributed by atoms with Crippen molar-refractivity contribution in [2.45, 2.75) is 53.2 Å². The lowest BCUT2D eigenvalue weighted by Crippen LogP contribution is -2.51. The van der Waals surface area contributed by atoms with Gasteiger partial charge in [0.1, 0.15) is 5.75 Å². The number of ketones is 1. The molecule has 0 bridgehead atoms. The zero-order chi connectivity index (χ0) is 14.8. The number of rotatable bonds is 5. The van der Waals surface area contributed by atoms with Crippen LogP contribution in [0.5, 0.6) is 5.75 Å². The molecule has 0 amide bonds. The van der Waals surface area contributed by atoms with E-state index in [4.69, 9.17) is 10.5 Å². The molecule has 1 rings (SSSR count). The molecule has 1 aromatic rings. The summed E-state index contributed by atoms with van der Waals surface area (Å²) in [6.07, 6.45) is 0.126. The largest absolute Gasteiger partial charge is 0.491 e. The summed E-state index contributed by atoms with van der Waals surface area (Å²) in [6.45, 7) is 11.5. The highest BCUT2D eigenvalue weighted by molar-refractivity contribution is 6.01. The van der Waals surface area contributed by atoms with Crippen molar-refractivity contribution >= 4 is 5.78 Å². The first kappa shape index (κ1) is 15.7. The molecule has 0 saturated carbocycles. The number of carbonyl (C=O) groups excluding carboxylic acids is 1. The van der Waals surface area contributed by atoms with Gasteiger partial charge in [0.15, 0.2) is 5.78 Å². The molecule has 0 fully saturated rings. The summed E-state index contributed by atoms with van der Waals surface area (Å²) in [6, 6.07) is 7.25. The molecular formula is C16H25NO2. The Hall–Kier alpha value is -1.35. The predicted octanol–water partition coefficient (Wildman–Crippen LogP) is 3.42. The lowest BCUT2D eigenvalue weighted by molar-refractivity contribution is 0.0735. The minimum absolute atomic E-state index is 0.0519. The topological polar surface area (TPSA) is 52.3 Å². The minimum Gasteiger partial charge on any atom is -0.491 e. The molecule has 0 aliphatic heterocycles. The molecule has 0 aliphatic carbocycles. The Balaban J connectivity index is 2.96. The lowest BCUT2D eigenvalue weighted by atomic mass is 9.70. The van der Waals surface area contributed by atoms with E-state index in [0.717, 1.165) is 5.75 Å². The molecule has 3 nitrogen and oxygen atoms in total. The number of nitrogens with two attached hydrogens (primary N) is 1. The Morgan fingerprint density at radius 3 is 1.95 bits per heavy atom. The quantitative estimate of drug-likeness (QED) is 0.828. The normalized spacial score (nSPS) is 12.6. The van der Waals surface area contributed by atoms with Gasteiger partial charge in [0.25, 0.3) is 0 Å². The molecule has 0 spiro atoms. The van der Waals surface area contributed by atoms with Gasteiger partial charge in [-0.1, -0.05) is 13.8 Å². The maximum Gasteiger partial charge on any atom is 0.170 e. The minimum atomic E-state index is -0.618. The first-order valence-electron chi connectivity index (χ1n) is 6.66. The average Bonchev–Trinajstić information content (AvgIpc) is 2.26. The summed E-state index contributed by atoms with van der Waals surface area (Å²) >= 11 is 0. The molecule has 0 heterocycles. The van der Waals surface area contributed by atoms with Gasteiger partial charge < -0.3 is 10.5 Å². The molecule has 0 atom stereocenters. The van der Waals surface area contributed by atoms with E-state index in [0.29, 0.717) is 5.56 Å². The summed E-state index contributed by atoms with van der Waals surface area (Å²) in [7, 11) is 0. The van der Waals surface area contributed by atoms with Crippen LogP contribution in [0.2, 0.25) is 0 Å². The molecule has 19 heavy (non-hydrogen) atoms. The van der Waals surface area contributed by atoms with Crippen LogP contribution in [0.25, 0.3) is 0 Å². The number of carbonyl (C=O) groups is 1. The van der Waals surface area contributed by atoms with Crippen molar-refractivity contribution in [3.05, 3.63) is 29.8 Å². The fourth-order valence-electron chi connectivity index (χ4n) is 1.61. The molecular weight excluding hydrogens is 238 g/mol. The number of Topliss-reactive ketones (excluding diaryl/α,β-unsaturated/α-hetero) is 1. The molecule has 2 N–H and O–H groups in total. The fraction of sp³-hybridized carbons (Fsp3) is 0.562. The smallest absolute Gasteiger partial charge is 0.170 e. The average molecular weight is 263 g/mol. The van der Waals surface area contributed by atoms with Crippen molar-refractivity contribution in [3.8, 4) is 5.75 Å². The van der Waals surface area contributed by atoms with Crippen LogP contribution in [0.15, 0.2) is 24.3 Å². The van der Waals surface area contributed by atoms with E-state index in [-0.39, 0.29) is 11.9 Å². The monoisotopic (exact) mass is 263 g/mol. The number of ether oxygens (including phenoxy) is 1. The van der Waals surface area contributed by atoms with Crippen LogP contribution in [-0.2, 0) is 0 Å². The Morgan fingerprint density at radius 1 is 1.11 bits per heavy atom. The fourth-order valence-corrected chi connectivity index (χ4v) is 1.61. The van der Waals surface area contributed by atoms with E-state index < -0.39 is 11.0 Å².